The molecule has 4 heteroatoms. The van der Waals surface area contributed by atoms with Gasteiger partial charge >= 0.3 is 0 Å². The van der Waals surface area contributed by atoms with Crippen molar-refractivity contribution in [3.63, 3.8) is 0 Å². The predicted octanol–water partition coefficient (Wildman–Crippen LogP) is 3.00. The van der Waals surface area contributed by atoms with Crippen molar-refractivity contribution in [3.8, 4) is 0 Å². The zero-order valence-electron chi connectivity index (χ0n) is 12.0. The summed E-state index contributed by atoms with van der Waals surface area (Å²) in [5, 5.41) is 3.17. The summed E-state index contributed by atoms with van der Waals surface area (Å²) >= 11 is 0. The number of hydrogen-bond acceptors (Lipinski definition) is 1. The first-order valence-corrected chi connectivity index (χ1v) is 6.63. The Balaban J connectivity index is 0.00000180. The molecule has 1 aliphatic carbocycles. The summed E-state index contributed by atoms with van der Waals surface area (Å²) in [6, 6.07) is 6.68. The van der Waals surface area contributed by atoms with E-state index in [1.54, 1.807) is 0 Å². The molecule has 0 heterocycles. The van der Waals surface area contributed by atoms with Gasteiger partial charge in [0.1, 0.15) is 0 Å². The average Bonchev–Trinajstić information content (AvgIpc) is 2.71. The van der Waals surface area contributed by atoms with Gasteiger partial charge < -0.3 is 11.1 Å². The molecule has 0 saturated carbocycles. The second-order valence-electron chi connectivity index (χ2n) is 6.03. The molecule has 0 bridgehead atoms. The van der Waals surface area contributed by atoms with Crippen molar-refractivity contribution in [1.82, 2.24) is 5.32 Å². The molecule has 1 aliphatic rings. The van der Waals surface area contributed by atoms with Gasteiger partial charge in [-0.15, -0.1) is 24.0 Å². The van der Waals surface area contributed by atoms with Crippen LogP contribution in [0.1, 0.15) is 43.9 Å². The summed E-state index contributed by atoms with van der Waals surface area (Å²) in [7, 11) is 0. The highest BCUT2D eigenvalue weighted by Gasteiger charge is 2.11. The summed E-state index contributed by atoms with van der Waals surface area (Å²) in [6.45, 7) is 6.88. The maximum atomic E-state index is 5.86. The van der Waals surface area contributed by atoms with Gasteiger partial charge in [-0.1, -0.05) is 18.2 Å². The number of halogens is 1. The van der Waals surface area contributed by atoms with Gasteiger partial charge in [0.15, 0.2) is 5.96 Å². The number of fused-ring (bicyclic) bond motifs is 1. The predicted molar refractivity (Wildman–Crippen MR) is 92.1 cm³/mol. The molecule has 1 aromatic rings. The number of guanidine groups is 1. The summed E-state index contributed by atoms with van der Waals surface area (Å²) in [6.07, 6.45) is 3.73. The van der Waals surface area contributed by atoms with Crippen LogP contribution in [0.15, 0.2) is 23.2 Å². The van der Waals surface area contributed by atoms with Gasteiger partial charge in [-0.25, -0.2) is 4.99 Å². The van der Waals surface area contributed by atoms with Crippen LogP contribution in [0.5, 0.6) is 0 Å². The molecule has 0 aromatic heterocycles. The van der Waals surface area contributed by atoms with Crippen LogP contribution in [0.4, 0.5) is 0 Å². The smallest absolute Gasteiger partial charge is 0.189 e. The second kappa shape index (κ2) is 6.59. The fraction of sp³-hybridized carbons (Fsp3) is 0.533. The Labute approximate surface area is 133 Å². The lowest BCUT2D eigenvalue weighted by molar-refractivity contribution is 0.508. The number of benzene rings is 1. The number of aliphatic imine (C=N–C) groups is 1. The van der Waals surface area contributed by atoms with Crippen LogP contribution in [0.3, 0.4) is 0 Å². The maximum Gasteiger partial charge on any atom is 0.189 e. The van der Waals surface area contributed by atoms with E-state index in [2.05, 4.69) is 49.3 Å². The van der Waals surface area contributed by atoms with E-state index in [-0.39, 0.29) is 29.5 Å². The Bertz CT molecular complexity index is 461. The van der Waals surface area contributed by atoms with Crippen molar-refractivity contribution < 1.29 is 0 Å². The minimum atomic E-state index is -0.0362. The lowest BCUT2D eigenvalue weighted by Crippen LogP contribution is -2.44. The Morgan fingerprint density at radius 1 is 1.26 bits per heavy atom. The Morgan fingerprint density at radius 3 is 2.63 bits per heavy atom. The van der Waals surface area contributed by atoms with E-state index in [0.29, 0.717) is 12.5 Å². The van der Waals surface area contributed by atoms with E-state index in [9.17, 15) is 0 Å². The lowest BCUT2D eigenvalue weighted by atomic mass is 10.1. The third-order valence-corrected chi connectivity index (χ3v) is 3.10. The van der Waals surface area contributed by atoms with Crippen LogP contribution in [-0.2, 0) is 19.4 Å². The fourth-order valence-electron chi connectivity index (χ4n) is 2.32. The Hall–Kier alpha value is -0.780. The lowest BCUT2D eigenvalue weighted by Gasteiger charge is -2.21. The van der Waals surface area contributed by atoms with Gasteiger partial charge in [-0.3, -0.25) is 0 Å². The minimum absolute atomic E-state index is 0. The standard InChI is InChI=1S/C15H23N3.HI/c1-15(2,3)18-14(16)17-10-11-7-8-12-5-4-6-13(12)9-11;/h7-9H,4-6,10H2,1-3H3,(H3,16,17,18);1H. The van der Waals surface area contributed by atoms with E-state index in [1.165, 1.54) is 36.0 Å². The average molecular weight is 373 g/mol. The first kappa shape index (κ1) is 16.3. The van der Waals surface area contributed by atoms with Gasteiger partial charge in [0, 0.05) is 5.54 Å². The maximum absolute atomic E-state index is 5.86. The molecule has 106 valence electrons. The Morgan fingerprint density at radius 2 is 1.95 bits per heavy atom. The quantitative estimate of drug-likeness (QED) is 0.476. The highest BCUT2D eigenvalue weighted by molar-refractivity contribution is 14.0. The number of nitrogens with zero attached hydrogens (tertiary/aromatic N) is 1. The highest BCUT2D eigenvalue weighted by Crippen LogP contribution is 2.23. The van der Waals surface area contributed by atoms with Crippen molar-refractivity contribution in [2.75, 3.05) is 0 Å². The van der Waals surface area contributed by atoms with Crippen LogP contribution in [0, 0.1) is 0 Å². The Kier molecular flexibility index (Phi) is 5.64. The molecule has 3 nitrogen and oxygen atoms in total. The van der Waals surface area contributed by atoms with Gasteiger partial charge in [0.05, 0.1) is 6.54 Å². The summed E-state index contributed by atoms with van der Waals surface area (Å²) in [5.41, 5.74) is 10.1. The topological polar surface area (TPSA) is 50.4 Å². The SMILES string of the molecule is CC(C)(C)NC(N)=NCc1ccc2c(c1)CCC2.I. The summed E-state index contributed by atoms with van der Waals surface area (Å²) in [5.74, 6) is 0.517. The normalized spacial score (nSPS) is 14.8. The first-order chi connectivity index (χ1) is 8.44. The molecule has 0 fully saturated rings. The molecule has 0 aliphatic heterocycles. The molecule has 2 rings (SSSR count). The molecular formula is C15H24IN3. The molecule has 3 N–H and O–H groups in total. The third kappa shape index (κ3) is 5.01. The highest BCUT2D eigenvalue weighted by atomic mass is 127. The van der Waals surface area contributed by atoms with E-state index in [4.69, 9.17) is 5.73 Å². The number of hydrogen-bond donors (Lipinski definition) is 2. The molecule has 0 spiro atoms. The zero-order valence-corrected chi connectivity index (χ0v) is 14.3. The van der Waals surface area contributed by atoms with E-state index in [0.717, 1.165) is 0 Å². The summed E-state index contributed by atoms with van der Waals surface area (Å²) < 4.78 is 0. The first-order valence-electron chi connectivity index (χ1n) is 6.63. The van der Waals surface area contributed by atoms with Crippen LogP contribution in [0.2, 0.25) is 0 Å². The molecule has 0 radical (unpaired) electrons. The van der Waals surface area contributed by atoms with Gasteiger partial charge in [-0.2, -0.15) is 0 Å². The van der Waals surface area contributed by atoms with Crippen LogP contribution >= 0.6 is 24.0 Å². The van der Waals surface area contributed by atoms with Crippen molar-refractivity contribution >= 4 is 29.9 Å². The van der Waals surface area contributed by atoms with E-state index >= 15 is 0 Å². The van der Waals surface area contributed by atoms with Crippen molar-refractivity contribution in [1.29, 1.82) is 0 Å². The number of nitrogens with two attached hydrogens (primary N) is 1. The molecule has 0 saturated heterocycles. The second-order valence-corrected chi connectivity index (χ2v) is 6.03. The van der Waals surface area contributed by atoms with Crippen molar-refractivity contribution in [2.24, 2.45) is 10.7 Å². The fourth-order valence-corrected chi connectivity index (χ4v) is 2.32. The molecule has 0 atom stereocenters. The molecule has 0 amide bonds. The summed E-state index contributed by atoms with van der Waals surface area (Å²) in [4.78, 5) is 4.39. The van der Waals surface area contributed by atoms with Gasteiger partial charge in [0.25, 0.3) is 0 Å². The molecule has 0 unspecified atom stereocenters. The zero-order chi connectivity index (χ0) is 13.2. The van der Waals surface area contributed by atoms with Gasteiger partial charge in [-0.05, 0) is 56.7 Å². The minimum Gasteiger partial charge on any atom is -0.370 e. The monoisotopic (exact) mass is 373 g/mol. The van der Waals surface area contributed by atoms with Crippen LogP contribution in [-0.4, -0.2) is 11.5 Å². The number of nitrogens with one attached hydrogen (secondary N) is 1. The van der Waals surface area contributed by atoms with Gasteiger partial charge in [0.2, 0.25) is 0 Å². The number of aryl methyl sites for hydroxylation is 2. The third-order valence-electron chi connectivity index (χ3n) is 3.10. The van der Waals surface area contributed by atoms with E-state index in [1.807, 2.05) is 0 Å². The largest absolute Gasteiger partial charge is 0.370 e. The van der Waals surface area contributed by atoms with Crippen LogP contribution in [0.25, 0.3) is 0 Å². The van der Waals surface area contributed by atoms with Crippen molar-refractivity contribution in [3.05, 3.63) is 34.9 Å². The van der Waals surface area contributed by atoms with Crippen molar-refractivity contribution in [2.45, 2.75) is 52.1 Å². The van der Waals surface area contributed by atoms with E-state index < -0.39 is 0 Å². The number of rotatable bonds is 2. The molecule has 19 heavy (non-hydrogen) atoms. The molecular weight excluding hydrogens is 349 g/mol. The molecule has 1 aromatic carbocycles. The van der Waals surface area contributed by atoms with Crippen LogP contribution < -0.4 is 11.1 Å².